The van der Waals surface area contributed by atoms with Gasteiger partial charge in [-0.15, -0.1) is 0 Å². The molecular weight excluding hydrogens is 428 g/mol. The summed E-state index contributed by atoms with van der Waals surface area (Å²) in [6, 6.07) is 15.5. The predicted octanol–water partition coefficient (Wildman–Crippen LogP) is 5.52. The maximum absolute atomic E-state index is 13.8. The average Bonchev–Trinajstić information content (AvgIpc) is 3.59. The number of nitrogens with one attached hydrogen (secondary N) is 1. The number of fused-ring (bicyclic) bond motifs is 1. The first-order valence-corrected chi connectivity index (χ1v) is 12.3. The molecule has 0 radical (unpaired) electrons. The Kier molecular flexibility index (Phi) is 5.80. The normalized spacial score (nSPS) is 23.1. The van der Waals surface area contributed by atoms with Crippen LogP contribution in [0.25, 0.3) is 10.8 Å². The SMILES string of the molecule is Cc1noc(=O)c2ccc(NC(=O)C3(CC4CCCCC4)OC3C(C)(C)c3ccccc3)cc12. The summed E-state index contributed by atoms with van der Waals surface area (Å²) in [6.45, 7) is 6.10. The third-order valence-electron chi connectivity index (χ3n) is 7.72. The van der Waals surface area contributed by atoms with Crippen molar-refractivity contribution in [2.45, 2.75) is 76.4 Å². The van der Waals surface area contributed by atoms with Crippen molar-refractivity contribution in [1.82, 2.24) is 5.16 Å². The fourth-order valence-corrected chi connectivity index (χ4v) is 5.71. The minimum Gasteiger partial charge on any atom is -0.355 e. The van der Waals surface area contributed by atoms with Gasteiger partial charge in [0.15, 0.2) is 5.60 Å². The van der Waals surface area contributed by atoms with Crippen LogP contribution in [-0.2, 0) is 14.9 Å². The van der Waals surface area contributed by atoms with Crippen LogP contribution in [0.5, 0.6) is 0 Å². The molecule has 2 aliphatic rings. The third kappa shape index (κ3) is 4.05. The number of carbonyl (C=O) groups is 1. The zero-order chi connectivity index (χ0) is 23.9. The summed E-state index contributed by atoms with van der Waals surface area (Å²) in [6.07, 6.45) is 6.52. The van der Waals surface area contributed by atoms with Crippen LogP contribution in [0.3, 0.4) is 0 Å². The lowest BCUT2D eigenvalue weighted by Gasteiger charge is -2.28. The van der Waals surface area contributed by atoms with E-state index in [4.69, 9.17) is 9.26 Å². The second-order valence-electron chi connectivity index (χ2n) is 10.5. The number of nitrogens with zero attached hydrogens (tertiary/aromatic N) is 1. The van der Waals surface area contributed by atoms with Gasteiger partial charge in [-0.25, -0.2) is 4.79 Å². The monoisotopic (exact) mass is 460 g/mol. The van der Waals surface area contributed by atoms with Crippen molar-refractivity contribution in [3.05, 3.63) is 70.2 Å². The molecular formula is C28H32N2O4. The first-order chi connectivity index (χ1) is 16.3. The van der Waals surface area contributed by atoms with E-state index in [1.165, 1.54) is 19.3 Å². The molecule has 1 N–H and O–H groups in total. The molecule has 178 valence electrons. The Labute approximate surface area is 199 Å². The average molecular weight is 461 g/mol. The quantitative estimate of drug-likeness (QED) is 0.490. The Bertz CT molecular complexity index is 1260. The molecule has 34 heavy (non-hydrogen) atoms. The highest BCUT2D eigenvalue weighted by Gasteiger charge is 2.68. The number of aryl methyl sites for hydroxylation is 1. The van der Waals surface area contributed by atoms with E-state index in [1.54, 1.807) is 25.1 Å². The summed E-state index contributed by atoms with van der Waals surface area (Å²) in [7, 11) is 0. The molecule has 1 aromatic heterocycles. The van der Waals surface area contributed by atoms with Crippen LogP contribution in [0.15, 0.2) is 57.8 Å². The standard InChI is InChI=1S/C28H32N2O4/c1-18-23-16-21(14-15-22(23)24(31)34-30-18)29-26(32)28(17-19-10-6-4-7-11-19)25(33-28)27(2,3)20-12-8-5-9-13-20/h5,8-9,12-16,19,25H,4,6-7,10-11,17H2,1-3H3,(H,29,32). The summed E-state index contributed by atoms with van der Waals surface area (Å²) in [4.78, 5) is 25.8. The second-order valence-corrected chi connectivity index (χ2v) is 10.5. The van der Waals surface area contributed by atoms with Crippen molar-refractivity contribution in [2.75, 3.05) is 5.32 Å². The first kappa shape index (κ1) is 22.8. The zero-order valence-corrected chi connectivity index (χ0v) is 20.1. The number of hydrogen-bond acceptors (Lipinski definition) is 5. The van der Waals surface area contributed by atoms with Crippen molar-refractivity contribution in [3.8, 4) is 0 Å². The molecule has 1 aliphatic heterocycles. The summed E-state index contributed by atoms with van der Waals surface area (Å²) in [5.74, 6) is 0.378. The Hall–Kier alpha value is -2.99. The van der Waals surface area contributed by atoms with Crippen LogP contribution in [0.1, 0.15) is 63.6 Å². The maximum atomic E-state index is 13.8. The van der Waals surface area contributed by atoms with Gasteiger partial charge in [-0.3, -0.25) is 4.79 Å². The largest absolute Gasteiger partial charge is 0.366 e. The third-order valence-corrected chi connectivity index (χ3v) is 7.72. The number of ether oxygens (including phenoxy) is 1. The molecule has 1 saturated carbocycles. The van der Waals surface area contributed by atoms with Crippen molar-refractivity contribution in [2.24, 2.45) is 5.92 Å². The Morgan fingerprint density at radius 2 is 1.82 bits per heavy atom. The topological polar surface area (TPSA) is 84.7 Å². The first-order valence-electron chi connectivity index (χ1n) is 12.3. The molecule has 0 bridgehead atoms. The van der Waals surface area contributed by atoms with E-state index in [0.29, 0.717) is 28.1 Å². The van der Waals surface area contributed by atoms with E-state index >= 15 is 0 Å². The minimum atomic E-state index is -0.862. The van der Waals surface area contributed by atoms with Gasteiger partial charge in [0.25, 0.3) is 5.91 Å². The summed E-state index contributed by atoms with van der Waals surface area (Å²) < 4.78 is 11.2. The molecule has 5 rings (SSSR count). The number of hydrogen-bond donors (Lipinski definition) is 1. The van der Waals surface area contributed by atoms with Gasteiger partial charge < -0.3 is 14.6 Å². The predicted molar refractivity (Wildman–Crippen MR) is 132 cm³/mol. The van der Waals surface area contributed by atoms with Gasteiger partial charge in [-0.2, -0.15) is 0 Å². The summed E-state index contributed by atoms with van der Waals surface area (Å²) in [5, 5.41) is 8.05. The molecule has 2 aromatic carbocycles. The molecule has 2 unspecified atom stereocenters. The van der Waals surface area contributed by atoms with Crippen molar-refractivity contribution in [1.29, 1.82) is 0 Å². The highest BCUT2D eigenvalue weighted by molar-refractivity contribution is 6.01. The smallest absolute Gasteiger partial charge is 0.355 e. The number of carbonyl (C=O) groups excluding carboxylic acids is 1. The van der Waals surface area contributed by atoms with Crippen molar-refractivity contribution in [3.63, 3.8) is 0 Å². The number of anilines is 1. The highest BCUT2D eigenvalue weighted by atomic mass is 16.6. The fraction of sp³-hybridized carbons (Fsp3) is 0.464. The molecule has 1 amide bonds. The van der Waals surface area contributed by atoms with Crippen molar-refractivity contribution >= 4 is 22.4 Å². The number of rotatable bonds is 6. The molecule has 6 heteroatoms. The molecule has 1 aliphatic carbocycles. The highest BCUT2D eigenvalue weighted by Crippen LogP contribution is 2.53. The molecule has 2 heterocycles. The van der Waals surface area contributed by atoms with E-state index in [2.05, 4.69) is 36.5 Å². The van der Waals surface area contributed by atoms with Crippen LogP contribution >= 0.6 is 0 Å². The summed E-state index contributed by atoms with van der Waals surface area (Å²) >= 11 is 0. The van der Waals surface area contributed by atoms with Crippen LogP contribution in [0.2, 0.25) is 0 Å². The molecule has 3 aromatic rings. The second kappa shape index (κ2) is 8.66. The lowest BCUT2D eigenvalue weighted by molar-refractivity contribution is -0.121. The lowest BCUT2D eigenvalue weighted by Crippen LogP contribution is -2.41. The molecule has 0 spiro atoms. The van der Waals surface area contributed by atoms with Gasteiger partial charge in [-0.1, -0.05) is 81.4 Å². The van der Waals surface area contributed by atoms with E-state index < -0.39 is 11.2 Å². The molecule has 1 saturated heterocycles. The van der Waals surface area contributed by atoms with Gasteiger partial charge in [0.05, 0.1) is 11.1 Å². The van der Waals surface area contributed by atoms with E-state index in [-0.39, 0.29) is 17.4 Å². The number of epoxide rings is 1. The van der Waals surface area contributed by atoms with E-state index in [1.807, 2.05) is 18.2 Å². The van der Waals surface area contributed by atoms with Crippen LogP contribution in [0, 0.1) is 12.8 Å². The number of amides is 1. The Morgan fingerprint density at radius 1 is 1.09 bits per heavy atom. The molecule has 2 atom stereocenters. The lowest BCUT2D eigenvalue weighted by atomic mass is 9.73. The summed E-state index contributed by atoms with van der Waals surface area (Å²) in [5.41, 5.74) is 0.742. The van der Waals surface area contributed by atoms with Crippen LogP contribution in [0.4, 0.5) is 5.69 Å². The van der Waals surface area contributed by atoms with Crippen LogP contribution < -0.4 is 10.9 Å². The number of aromatic nitrogens is 1. The van der Waals surface area contributed by atoms with Gasteiger partial charge in [0.2, 0.25) is 0 Å². The van der Waals surface area contributed by atoms with E-state index in [0.717, 1.165) is 24.8 Å². The zero-order valence-electron chi connectivity index (χ0n) is 20.1. The Morgan fingerprint density at radius 3 is 2.56 bits per heavy atom. The maximum Gasteiger partial charge on any atom is 0.366 e. The number of benzene rings is 2. The Balaban J connectivity index is 1.45. The van der Waals surface area contributed by atoms with Gasteiger partial charge in [0.1, 0.15) is 6.10 Å². The van der Waals surface area contributed by atoms with Crippen molar-refractivity contribution < 1.29 is 14.1 Å². The van der Waals surface area contributed by atoms with Gasteiger partial charge in [0, 0.05) is 16.5 Å². The van der Waals surface area contributed by atoms with E-state index in [9.17, 15) is 9.59 Å². The molecule has 6 nitrogen and oxygen atoms in total. The van der Waals surface area contributed by atoms with Crippen LogP contribution in [-0.4, -0.2) is 22.8 Å². The fourth-order valence-electron chi connectivity index (χ4n) is 5.71. The minimum absolute atomic E-state index is 0.111. The van der Waals surface area contributed by atoms with Gasteiger partial charge in [-0.05, 0) is 43.0 Å². The molecule has 2 fully saturated rings. The van der Waals surface area contributed by atoms with Gasteiger partial charge >= 0.3 is 5.63 Å².